The van der Waals surface area contributed by atoms with Crippen LogP contribution in [0.2, 0.25) is 0 Å². The van der Waals surface area contributed by atoms with E-state index < -0.39 is 6.04 Å². The second-order valence-electron chi connectivity index (χ2n) is 8.48. The number of amides is 2. The van der Waals surface area contributed by atoms with Crippen molar-refractivity contribution in [2.75, 3.05) is 4.90 Å². The Labute approximate surface area is 212 Å². The zero-order valence-electron chi connectivity index (χ0n) is 19.9. The van der Waals surface area contributed by atoms with Crippen molar-refractivity contribution in [3.8, 4) is 0 Å². The van der Waals surface area contributed by atoms with Crippen LogP contribution in [0.5, 0.6) is 0 Å². The Hall–Kier alpha value is -4.24. The molecule has 1 unspecified atom stereocenters. The number of anilines is 1. The fraction of sp³-hybridized carbons (Fsp3) is 0.185. The summed E-state index contributed by atoms with van der Waals surface area (Å²) in [5, 5.41) is 13.2. The van der Waals surface area contributed by atoms with Gasteiger partial charge in [0.15, 0.2) is 0 Å². The summed E-state index contributed by atoms with van der Waals surface area (Å²) in [4.78, 5) is 29.9. The highest BCUT2D eigenvalue weighted by molar-refractivity contribution is 7.10. The molecule has 8 nitrogen and oxygen atoms in total. The molecule has 0 fully saturated rings. The van der Waals surface area contributed by atoms with Crippen LogP contribution >= 0.6 is 11.3 Å². The Morgan fingerprint density at radius 2 is 1.92 bits per heavy atom. The lowest BCUT2D eigenvalue weighted by atomic mass is 10.1. The third-order valence-corrected chi connectivity index (χ3v) is 7.00. The smallest absolute Gasteiger partial charge is 0.249 e. The molecule has 0 saturated carbocycles. The van der Waals surface area contributed by atoms with Crippen molar-refractivity contribution >= 4 is 39.9 Å². The third-order valence-electron chi connectivity index (χ3n) is 6.08. The number of benzene rings is 2. The quantitative estimate of drug-likeness (QED) is 0.331. The summed E-state index contributed by atoms with van der Waals surface area (Å²) in [6.45, 7) is 4.15. The summed E-state index contributed by atoms with van der Waals surface area (Å²) in [7, 11) is 0. The molecule has 1 atom stereocenters. The molecule has 1 N–H and O–H groups in total. The Balaban J connectivity index is 1.54. The van der Waals surface area contributed by atoms with Crippen LogP contribution in [0.15, 0.2) is 82.8 Å². The van der Waals surface area contributed by atoms with E-state index in [4.69, 9.17) is 4.42 Å². The van der Waals surface area contributed by atoms with Crippen molar-refractivity contribution in [1.82, 2.24) is 20.3 Å². The van der Waals surface area contributed by atoms with Gasteiger partial charge in [0.2, 0.25) is 11.8 Å². The molecule has 0 spiro atoms. The van der Waals surface area contributed by atoms with Gasteiger partial charge in [0.05, 0.1) is 18.3 Å². The van der Waals surface area contributed by atoms with Gasteiger partial charge in [-0.3, -0.25) is 14.5 Å². The largest absolute Gasteiger partial charge is 0.467 e. The number of carbonyl (C=O) groups excluding carboxylic acids is 2. The Kier molecular flexibility index (Phi) is 6.64. The van der Waals surface area contributed by atoms with Gasteiger partial charge in [0, 0.05) is 10.6 Å². The van der Waals surface area contributed by atoms with Gasteiger partial charge in [-0.1, -0.05) is 29.5 Å². The Bertz CT molecular complexity index is 1490. The van der Waals surface area contributed by atoms with Crippen molar-refractivity contribution in [3.05, 3.63) is 100 Å². The van der Waals surface area contributed by atoms with Gasteiger partial charge in [-0.05, 0) is 72.8 Å². The number of nitrogens with one attached hydrogen (secondary N) is 1. The van der Waals surface area contributed by atoms with Crippen molar-refractivity contribution in [1.29, 1.82) is 0 Å². The second-order valence-corrected chi connectivity index (χ2v) is 9.46. The third kappa shape index (κ3) is 4.78. The van der Waals surface area contributed by atoms with Crippen molar-refractivity contribution in [2.45, 2.75) is 33.0 Å². The first-order valence-corrected chi connectivity index (χ1v) is 12.4. The van der Waals surface area contributed by atoms with Gasteiger partial charge in [0.1, 0.15) is 23.9 Å². The molecule has 182 valence electrons. The number of furan rings is 1. The zero-order valence-corrected chi connectivity index (χ0v) is 20.7. The van der Waals surface area contributed by atoms with Gasteiger partial charge >= 0.3 is 0 Å². The monoisotopic (exact) mass is 499 g/mol. The molecule has 0 aliphatic heterocycles. The molecule has 0 saturated heterocycles. The minimum absolute atomic E-state index is 0.0687. The van der Waals surface area contributed by atoms with E-state index in [0.29, 0.717) is 17.0 Å². The van der Waals surface area contributed by atoms with E-state index in [1.807, 2.05) is 73.8 Å². The summed E-state index contributed by atoms with van der Waals surface area (Å²) in [5.41, 5.74) is 4.22. The lowest BCUT2D eigenvalue weighted by molar-refractivity contribution is -0.127. The molecule has 0 radical (unpaired) electrons. The van der Waals surface area contributed by atoms with E-state index in [9.17, 15) is 9.59 Å². The van der Waals surface area contributed by atoms with Crippen LogP contribution in [0.3, 0.4) is 0 Å². The van der Waals surface area contributed by atoms with E-state index in [1.165, 1.54) is 11.3 Å². The number of hydrogen-bond acceptors (Lipinski definition) is 6. The van der Waals surface area contributed by atoms with Crippen LogP contribution in [-0.2, 0) is 22.7 Å². The fourth-order valence-electron chi connectivity index (χ4n) is 4.06. The molecule has 0 aliphatic carbocycles. The molecule has 3 aromatic heterocycles. The molecule has 2 amide bonds. The van der Waals surface area contributed by atoms with Crippen molar-refractivity contribution < 1.29 is 14.0 Å². The Morgan fingerprint density at radius 3 is 2.67 bits per heavy atom. The molecule has 3 heterocycles. The highest BCUT2D eigenvalue weighted by Gasteiger charge is 2.34. The molecule has 5 aromatic rings. The van der Waals surface area contributed by atoms with Gasteiger partial charge in [-0.25, -0.2) is 4.68 Å². The van der Waals surface area contributed by atoms with E-state index in [2.05, 4.69) is 15.6 Å². The predicted molar refractivity (Wildman–Crippen MR) is 139 cm³/mol. The highest BCUT2D eigenvalue weighted by Crippen LogP contribution is 2.32. The van der Waals surface area contributed by atoms with Crippen molar-refractivity contribution in [3.63, 3.8) is 0 Å². The fourth-order valence-corrected chi connectivity index (χ4v) is 4.87. The van der Waals surface area contributed by atoms with E-state index >= 15 is 0 Å². The first-order chi connectivity index (χ1) is 17.5. The number of nitrogens with zero attached hydrogens (tertiary/aromatic N) is 4. The highest BCUT2D eigenvalue weighted by atomic mass is 32.1. The number of para-hydroxylation sites is 1. The summed E-state index contributed by atoms with van der Waals surface area (Å²) in [6, 6.07) is 19.7. The average Bonchev–Trinajstić information content (AvgIpc) is 3.66. The normalized spacial score (nSPS) is 11.9. The molecule has 36 heavy (non-hydrogen) atoms. The first kappa shape index (κ1) is 23.5. The number of rotatable bonds is 8. The predicted octanol–water partition coefficient (Wildman–Crippen LogP) is 4.79. The number of aryl methyl sites for hydroxylation is 2. The van der Waals surface area contributed by atoms with Gasteiger partial charge < -0.3 is 9.73 Å². The summed E-state index contributed by atoms with van der Waals surface area (Å²) in [6.07, 6.45) is 1.56. The number of hydrogen-bond donors (Lipinski definition) is 1. The van der Waals surface area contributed by atoms with Crippen molar-refractivity contribution in [2.24, 2.45) is 0 Å². The lowest BCUT2D eigenvalue weighted by Gasteiger charge is -2.31. The van der Waals surface area contributed by atoms with Crippen LogP contribution in [0, 0.1) is 13.8 Å². The average molecular weight is 500 g/mol. The molecular formula is C27H25N5O3S. The molecule has 5 rings (SSSR count). The first-order valence-electron chi connectivity index (χ1n) is 11.5. The van der Waals surface area contributed by atoms with Gasteiger partial charge in [0.25, 0.3) is 0 Å². The van der Waals surface area contributed by atoms with Crippen LogP contribution in [0.4, 0.5) is 5.69 Å². The second kappa shape index (κ2) is 10.2. The maximum Gasteiger partial charge on any atom is 0.249 e. The zero-order chi connectivity index (χ0) is 25.1. The maximum atomic E-state index is 14.0. The number of fused-ring (bicyclic) bond motifs is 1. The minimum Gasteiger partial charge on any atom is -0.467 e. The van der Waals surface area contributed by atoms with Crippen LogP contribution in [0.1, 0.15) is 27.8 Å². The molecule has 2 aromatic carbocycles. The van der Waals surface area contributed by atoms with E-state index in [0.717, 1.165) is 21.5 Å². The number of thiophene rings is 1. The van der Waals surface area contributed by atoms with Gasteiger partial charge in [-0.2, -0.15) is 0 Å². The van der Waals surface area contributed by atoms with Crippen LogP contribution in [0.25, 0.3) is 11.0 Å². The molecule has 9 heteroatoms. The standard InChI is InChI=1S/C27H25N5O3S/c1-18-11-12-20(15-19(18)2)32(25(33)17-31-23-9-4-3-8-22(23)29-30-31)26(24-10-6-14-36-24)27(34)28-16-21-7-5-13-35-21/h3-15,26H,16-17H2,1-2H3,(H,28,34). The molecular weight excluding hydrogens is 474 g/mol. The summed E-state index contributed by atoms with van der Waals surface area (Å²) in [5.74, 6) is 0.0516. The van der Waals surface area contributed by atoms with Crippen LogP contribution in [-0.4, -0.2) is 26.8 Å². The topological polar surface area (TPSA) is 93.3 Å². The molecule has 0 aliphatic rings. The van der Waals surface area contributed by atoms with E-state index in [-0.39, 0.29) is 24.9 Å². The van der Waals surface area contributed by atoms with Gasteiger partial charge in [-0.15, -0.1) is 16.4 Å². The number of carbonyl (C=O) groups is 2. The summed E-state index contributed by atoms with van der Waals surface area (Å²) >= 11 is 1.43. The lowest BCUT2D eigenvalue weighted by Crippen LogP contribution is -2.45. The Morgan fingerprint density at radius 1 is 1.06 bits per heavy atom. The maximum absolute atomic E-state index is 14.0. The van der Waals surface area contributed by atoms with E-state index in [1.54, 1.807) is 28.0 Å². The summed E-state index contributed by atoms with van der Waals surface area (Å²) < 4.78 is 6.94. The SMILES string of the molecule is Cc1ccc(N(C(=O)Cn2nnc3ccccc32)C(C(=O)NCc2ccco2)c2cccs2)cc1C. The minimum atomic E-state index is -0.871. The number of aromatic nitrogens is 3. The van der Waals surface area contributed by atoms with Crippen LogP contribution < -0.4 is 10.2 Å². The molecule has 0 bridgehead atoms.